The summed E-state index contributed by atoms with van der Waals surface area (Å²) >= 11 is 0. The molecule has 7 heteroatoms. The molecule has 0 atom stereocenters. The Morgan fingerprint density at radius 1 is 1.42 bits per heavy atom. The fourth-order valence-corrected chi connectivity index (χ4v) is 1.62. The quantitative estimate of drug-likeness (QED) is 0.362. The summed E-state index contributed by atoms with van der Waals surface area (Å²) in [6.45, 7) is 5.90. The van der Waals surface area contributed by atoms with Crippen molar-refractivity contribution in [3.63, 3.8) is 0 Å². The molecule has 0 aliphatic carbocycles. The van der Waals surface area contributed by atoms with Crippen molar-refractivity contribution in [1.82, 2.24) is 15.6 Å². The van der Waals surface area contributed by atoms with Gasteiger partial charge < -0.3 is 9.73 Å². The molecule has 4 N–H and O–H groups in total. The average molecular weight is 268 g/mol. The predicted molar refractivity (Wildman–Crippen MR) is 70.0 cm³/mol. The normalized spacial score (nSPS) is 10.5. The molecule has 2 amide bonds. The molecule has 19 heavy (non-hydrogen) atoms. The Hall–Kier alpha value is -1.86. The van der Waals surface area contributed by atoms with Crippen molar-refractivity contribution in [1.29, 1.82) is 0 Å². The Labute approximate surface area is 112 Å². The molecule has 1 aromatic heterocycles. The van der Waals surface area contributed by atoms with Gasteiger partial charge in [0.05, 0.1) is 18.7 Å². The van der Waals surface area contributed by atoms with Gasteiger partial charge in [0.25, 0.3) is 5.91 Å². The van der Waals surface area contributed by atoms with E-state index >= 15 is 0 Å². The van der Waals surface area contributed by atoms with Crippen LogP contribution in [0.2, 0.25) is 0 Å². The molecule has 0 unspecified atom stereocenters. The van der Waals surface area contributed by atoms with Gasteiger partial charge in [0, 0.05) is 6.54 Å². The molecule has 0 aliphatic heterocycles. The van der Waals surface area contributed by atoms with Crippen LogP contribution in [0.1, 0.15) is 30.0 Å². The van der Waals surface area contributed by atoms with E-state index in [9.17, 15) is 9.59 Å². The third-order valence-corrected chi connectivity index (χ3v) is 2.61. The zero-order valence-electron chi connectivity index (χ0n) is 11.2. The molecule has 0 spiro atoms. The van der Waals surface area contributed by atoms with E-state index in [-0.39, 0.29) is 5.91 Å². The maximum Gasteiger partial charge on any atom is 0.268 e. The highest BCUT2D eigenvalue weighted by Crippen LogP contribution is 2.10. The number of carbonyl (C=O) groups excluding carboxylic acids is 2. The second-order valence-corrected chi connectivity index (χ2v) is 4.03. The van der Waals surface area contributed by atoms with Crippen LogP contribution in [0.25, 0.3) is 0 Å². The van der Waals surface area contributed by atoms with Crippen LogP contribution in [0, 0.1) is 0 Å². The summed E-state index contributed by atoms with van der Waals surface area (Å²) in [5, 5.41) is 2.74. The van der Waals surface area contributed by atoms with Gasteiger partial charge in [-0.2, -0.15) is 0 Å². The van der Waals surface area contributed by atoms with Gasteiger partial charge in [-0.1, -0.05) is 6.92 Å². The summed E-state index contributed by atoms with van der Waals surface area (Å²) in [5.74, 6) is 5.22. The third kappa shape index (κ3) is 4.72. The number of furan rings is 1. The molecule has 0 radical (unpaired) electrons. The van der Waals surface area contributed by atoms with Crippen LogP contribution in [0.15, 0.2) is 16.7 Å². The van der Waals surface area contributed by atoms with E-state index in [1.54, 1.807) is 6.07 Å². The largest absolute Gasteiger partial charge is 0.467 e. The highest BCUT2D eigenvalue weighted by Gasteiger charge is 2.13. The Morgan fingerprint density at radius 2 is 2.16 bits per heavy atom. The number of nitrogens with two attached hydrogens (primary N) is 1. The average Bonchev–Trinajstić information content (AvgIpc) is 2.85. The van der Waals surface area contributed by atoms with E-state index in [1.165, 1.54) is 6.26 Å². The van der Waals surface area contributed by atoms with Gasteiger partial charge in [-0.15, -0.1) is 0 Å². The minimum Gasteiger partial charge on any atom is -0.467 e. The van der Waals surface area contributed by atoms with E-state index in [1.807, 2.05) is 24.2 Å². The summed E-state index contributed by atoms with van der Waals surface area (Å²) in [6, 6.07) is 1.61. The number of rotatable bonds is 7. The minimum atomic E-state index is -0.401. The number of hydrazine groups is 1. The SMILES string of the molecule is CCNC(=O)CN(CC)Cc1cc(C(=O)NN)co1. The van der Waals surface area contributed by atoms with Crippen LogP contribution in [0.5, 0.6) is 0 Å². The van der Waals surface area contributed by atoms with Crippen molar-refractivity contribution in [2.75, 3.05) is 19.6 Å². The molecule has 0 saturated heterocycles. The van der Waals surface area contributed by atoms with Gasteiger partial charge in [0.2, 0.25) is 5.91 Å². The minimum absolute atomic E-state index is 0.0316. The molecule has 1 heterocycles. The third-order valence-electron chi connectivity index (χ3n) is 2.61. The van der Waals surface area contributed by atoms with Gasteiger partial charge in [0.15, 0.2) is 0 Å². The summed E-state index contributed by atoms with van der Waals surface area (Å²) in [6.07, 6.45) is 1.34. The first kappa shape index (κ1) is 15.2. The fourth-order valence-electron chi connectivity index (χ4n) is 1.62. The number of hydrogen-bond donors (Lipinski definition) is 3. The lowest BCUT2D eigenvalue weighted by atomic mass is 10.3. The maximum absolute atomic E-state index is 11.5. The van der Waals surface area contributed by atoms with Crippen molar-refractivity contribution in [3.8, 4) is 0 Å². The molecule has 106 valence electrons. The van der Waals surface area contributed by atoms with Gasteiger partial charge in [-0.3, -0.25) is 19.9 Å². The van der Waals surface area contributed by atoms with E-state index in [2.05, 4.69) is 5.32 Å². The monoisotopic (exact) mass is 268 g/mol. The van der Waals surface area contributed by atoms with E-state index < -0.39 is 5.91 Å². The Balaban J connectivity index is 2.58. The molecule has 0 aromatic carbocycles. The van der Waals surface area contributed by atoms with Crippen LogP contribution < -0.4 is 16.6 Å². The highest BCUT2D eigenvalue weighted by atomic mass is 16.3. The van der Waals surface area contributed by atoms with Gasteiger partial charge >= 0.3 is 0 Å². The Bertz CT molecular complexity index is 430. The molecule has 1 rings (SSSR count). The lowest BCUT2D eigenvalue weighted by molar-refractivity contribution is -0.122. The van der Waals surface area contributed by atoms with Gasteiger partial charge in [-0.25, -0.2) is 5.84 Å². The molecule has 0 aliphatic rings. The fraction of sp³-hybridized carbons (Fsp3) is 0.500. The number of carbonyl (C=O) groups is 2. The molecule has 0 bridgehead atoms. The van der Waals surface area contributed by atoms with Crippen LogP contribution in [-0.2, 0) is 11.3 Å². The number of amides is 2. The Kier molecular flexibility index (Phi) is 6.04. The maximum atomic E-state index is 11.5. The zero-order valence-corrected chi connectivity index (χ0v) is 11.2. The zero-order chi connectivity index (χ0) is 14.3. The predicted octanol–water partition coefficient (Wildman–Crippen LogP) is -0.159. The number of nitrogens with zero attached hydrogens (tertiary/aromatic N) is 1. The number of hydrogen-bond acceptors (Lipinski definition) is 5. The standard InChI is InChI=1S/C12H20N4O3/c1-3-14-11(17)7-16(4-2)6-10-5-9(8-19-10)12(18)15-13/h5,8H,3-4,6-7,13H2,1-2H3,(H,14,17)(H,15,18). The molecular weight excluding hydrogens is 248 g/mol. The van der Waals surface area contributed by atoms with Crippen molar-refractivity contribution < 1.29 is 14.0 Å². The second-order valence-electron chi connectivity index (χ2n) is 4.03. The van der Waals surface area contributed by atoms with Crippen LogP contribution in [0.3, 0.4) is 0 Å². The molecule has 0 fully saturated rings. The van der Waals surface area contributed by atoms with Gasteiger partial charge in [0.1, 0.15) is 12.0 Å². The number of nitrogen functional groups attached to an aromatic ring is 1. The lowest BCUT2D eigenvalue weighted by Gasteiger charge is -2.18. The lowest BCUT2D eigenvalue weighted by Crippen LogP contribution is -2.36. The van der Waals surface area contributed by atoms with Crippen LogP contribution in [0.4, 0.5) is 0 Å². The highest BCUT2D eigenvalue weighted by molar-refractivity contribution is 5.93. The summed E-state index contributed by atoms with van der Waals surface area (Å²) in [5.41, 5.74) is 2.40. The molecule has 1 aromatic rings. The van der Waals surface area contributed by atoms with Crippen molar-refractivity contribution >= 4 is 11.8 Å². The molecule has 7 nitrogen and oxygen atoms in total. The van der Waals surface area contributed by atoms with E-state index in [0.717, 1.165) is 0 Å². The van der Waals surface area contributed by atoms with Crippen molar-refractivity contribution in [2.24, 2.45) is 5.84 Å². The summed E-state index contributed by atoms with van der Waals surface area (Å²) < 4.78 is 5.27. The first-order valence-corrected chi connectivity index (χ1v) is 6.18. The van der Waals surface area contributed by atoms with Gasteiger partial charge in [-0.05, 0) is 19.5 Å². The first-order chi connectivity index (χ1) is 9.10. The van der Waals surface area contributed by atoms with Crippen molar-refractivity contribution in [2.45, 2.75) is 20.4 Å². The number of nitrogens with one attached hydrogen (secondary N) is 2. The van der Waals surface area contributed by atoms with Crippen molar-refractivity contribution in [3.05, 3.63) is 23.7 Å². The number of likely N-dealkylation sites (N-methyl/N-ethyl adjacent to an activating group) is 2. The Morgan fingerprint density at radius 3 is 2.74 bits per heavy atom. The summed E-state index contributed by atoms with van der Waals surface area (Å²) in [4.78, 5) is 24.7. The van der Waals surface area contributed by atoms with E-state index in [0.29, 0.717) is 37.5 Å². The summed E-state index contributed by atoms with van der Waals surface area (Å²) in [7, 11) is 0. The topological polar surface area (TPSA) is 101 Å². The second kappa shape index (κ2) is 7.55. The van der Waals surface area contributed by atoms with E-state index in [4.69, 9.17) is 10.3 Å². The molecule has 0 saturated carbocycles. The van der Waals surface area contributed by atoms with Crippen LogP contribution in [-0.4, -0.2) is 36.3 Å². The first-order valence-electron chi connectivity index (χ1n) is 6.18. The molecular formula is C12H20N4O3. The smallest absolute Gasteiger partial charge is 0.268 e. The van der Waals surface area contributed by atoms with Crippen LogP contribution >= 0.6 is 0 Å².